The van der Waals surface area contributed by atoms with Crippen molar-refractivity contribution in [2.24, 2.45) is 0 Å². The van der Waals surface area contributed by atoms with Gasteiger partial charge in [0, 0.05) is 0 Å². The zero-order valence-electron chi connectivity index (χ0n) is 6.45. The molecule has 1 rings (SSSR count). The minimum Gasteiger partial charge on any atom is -0.204 e. The van der Waals surface area contributed by atoms with Gasteiger partial charge in [-0.3, -0.25) is 0 Å². The summed E-state index contributed by atoms with van der Waals surface area (Å²) in [6.07, 6.45) is -4.74. The van der Waals surface area contributed by atoms with E-state index in [0.29, 0.717) is 12.1 Å². The van der Waals surface area contributed by atoms with E-state index >= 15 is 0 Å². The molecule has 78 valence electrons. The molecule has 0 N–H and O–H groups in total. The molecule has 0 spiro atoms. The van der Waals surface area contributed by atoms with Crippen LogP contribution in [0.15, 0.2) is 18.2 Å². The lowest BCUT2D eigenvalue weighted by Crippen LogP contribution is -2.07. The van der Waals surface area contributed by atoms with Crippen LogP contribution in [0, 0.1) is 5.82 Å². The molecule has 0 radical (unpaired) electrons. The van der Waals surface area contributed by atoms with Gasteiger partial charge >= 0.3 is 6.18 Å². The van der Waals surface area contributed by atoms with E-state index in [-0.39, 0.29) is 6.07 Å². The standard InChI is InChI=1S/C7H3F6N/c8-5-3-4(7(9,10)11)1-2-6(5)14(12)13/h1-3H. The lowest BCUT2D eigenvalue weighted by molar-refractivity contribution is -0.137. The molecule has 1 aromatic carbocycles. The van der Waals surface area contributed by atoms with E-state index in [1.807, 2.05) is 0 Å². The van der Waals surface area contributed by atoms with E-state index in [0.717, 1.165) is 0 Å². The Morgan fingerprint density at radius 3 is 2.00 bits per heavy atom. The van der Waals surface area contributed by atoms with Gasteiger partial charge in [-0.2, -0.15) is 13.2 Å². The fourth-order valence-electron chi connectivity index (χ4n) is 0.820. The molecule has 0 amide bonds. The zero-order chi connectivity index (χ0) is 10.9. The van der Waals surface area contributed by atoms with Crippen molar-refractivity contribution in [3.05, 3.63) is 29.6 Å². The first-order valence-corrected chi connectivity index (χ1v) is 3.31. The Bertz CT molecular complexity index is 331. The third-order valence-corrected chi connectivity index (χ3v) is 1.46. The van der Waals surface area contributed by atoms with Crippen molar-refractivity contribution in [1.82, 2.24) is 0 Å². The third-order valence-electron chi connectivity index (χ3n) is 1.46. The topological polar surface area (TPSA) is 3.24 Å². The van der Waals surface area contributed by atoms with Crippen LogP contribution in [0.3, 0.4) is 0 Å². The Kier molecular flexibility index (Phi) is 2.59. The Labute approximate surface area is 74.4 Å². The number of halogens is 6. The lowest BCUT2D eigenvalue weighted by Gasteiger charge is -2.08. The summed E-state index contributed by atoms with van der Waals surface area (Å²) < 4.78 is 71.9. The molecule has 0 heterocycles. The summed E-state index contributed by atoms with van der Waals surface area (Å²) in [5, 5.41) is -1.59. The van der Waals surface area contributed by atoms with Gasteiger partial charge in [0.2, 0.25) is 0 Å². The van der Waals surface area contributed by atoms with Gasteiger partial charge in [-0.1, -0.05) is 8.96 Å². The number of benzene rings is 1. The summed E-state index contributed by atoms with van der Waals surface area (Å²) in [5.41, 5.74) is -2.50. The second-order valence-corrected chi connectivity index (χ2v) is 2.40. The highest BCUT2D eigenvalue weighted by molar-refractivity contribution is 5.45. The largest absolute Gasteiger partial charge is 0.416 e. The van der Waals surface area contributed by atoms with Gasteiger partial charge in [0.15, 0.2) is 5.82 Å². The van der Waals surface area contributed by atoms with Crippen molar-refractivity contribution in [2.45, 2.75) is 6.18 Å². The second-order valence-electron chi connectivity index (χ2n) is 2.40. The van der Waals surface area contributed by atoms with Crippen LogP contribution in [0.5, 0.6) is 0 Å². The number of hydrogen-bond acceptors (Lipinski definition) is 1. The summed E-state index contributed by atoms with van der Waals surface area (Å²) in [6.45, 7) is 0. The maximum atomic E-state index is 12.6. The predicted molar refractivity (Wildman–Crippen MR) is 36.1 cm³/mol. The van der Waals surface area contributed by atoms with Crippen LogP contribution < -0.4 is 5.34 Å². The first-order chi connectivity index (χ1) is 6.32. The lowest BCUT2D eigenvalue weighted by atomic mass is 10.2. The molecule has 0 saturated carbocycles. The van der Waals surface area contributed by atoms with Crippen LogP contribution in [0.2, 0.25) is 0 Å². The molecule has 7 heteroatoms. The first kappa shape index (κ1) is 10.7. The average molecular weight is 215 g/mol. The zero-order valence-corrected chi connectivity index (χ0v) is 6.45. The molecule has 1 aromatic rings. The number of alkyl halides is 3. The molecule has 0 aliphatic heterocycles. The van der Waals surface area contributed by atoms with E-state index in [1.165, 1.54) is 0 Å². The predicted octanol–water partition coefficient (Wildman–Crippen LogP) is 3.42. The third kappa shape index (κ3) is 2.09. The molecule has 0 saturated heterocycles. The van der Waals surface area contributed by atoms with Crippen molar-refractivity contribution < 1.29 is 26.5 Å². The molecular formula is C7H3F6N. The maximum Gasteiger partial charge on any atom is 0.416 e. The van der Waals surface area contributed by atoms with Gasteiger partial charge in [-0.05, 0) is 23.5 Å². The van der Waals surface area contributed by atoms with Crippen molar-refractivity contribution in [2.75, 3.05) is 5.34 Å². The number of anilines is 1. The van der Waals surface area contributed by atoms with Crippen molar-refractivity contribution in [1.29, 1.82) is 0 Å². The van der Waals surface area contributed by atoms with E-state index < -0.39 is 28.6 Å². The minimum absolute atomic E-state index is 0.0154. The quantitative estimate of drug-likeness (QED) is 0.512. The van der Waals surface area contributed by atoms with Crippen LogP contribution in [-0.4, -0.2) is 0 Å². The molecule has 0 aliphatic rings. The van der Waals surface area contributed by atoms with Crippen LogP contribution in [-0.2, 0) is 6.18 Å². The monoisotopic (exact) mass is 215 g/mol. The Morgan fingerprint density at radius 2 is 1.64 bits per heavy atom. The smallest absolute Gasteiger partial charge is 0.204 e. The average Bonchev–Trinajstić information content (AvgIpc) is 2.01. The van der Waals surface area contributed by atoms with Crippen LogP contribution in [0.4, 0.5) is 32.2 Å². The van der Waals surface area contributed by atoms with Gasteiger partial charge in [-0.15, -0.1) is 0 Å². The summed E-state index contributed by atoms with van der Waals surface area (Å²) in [6, 6.07) is 0.754. The summed E-state index contributed by atoms with van der Waals surface area (Å²) in [7, 11) is 0. The van der Waals surface area contributed by atoms with E-state index in [9.17, 15) is 26.5 Å². The van der Waals surface area contributed by atoms with Crippen molar-refractivity contribution in [3.8, 4) is 0 Å². The molecule has 0 unspecified atom stereocenters. The highest BCUT2D eigenvalue weighted by atomic mass is 19.4. The Morgan fingerprint density at radius 1 is 1.07 bits per heavy atom. The maximum absolute atomic E-state index is 12.6. The molecular weight excluding hydrogens is 212 g/mol. The van der Waals surface area contributed by atoms with Gasteiger partial charge in [0.25, 0.3) is 0 Å². The van der Waals surface area contributed by atoms with Crippen molar-refractivity contribution >= 4 is 5.69 Å². The fraction of sp³-hybridized carbons (Fsp3) is 0.143. The van der Waals surface area contributed by atoms with E-state index in [2.05, 4.69) is 0 Å². The first-order valence-electron chi connectivity index (χ1n) is 3.31. The Hall–Kier alpha value is -1.40. The molecule has 1 nitrogen and oxygen atoms in total. The Balaban J connectivity index is 3.13. The highest BCUT2D eigenvalue weighted by Gasteiger charge is 2.31. The summed E-state index contributed by atoms with van der Waals surface area (Å²) in [4.78, 5) is 0. The molecule has 0 atom stereocenters. The van der Waals surface area contributed by atoms with Crippen LogP contribution in [0.1, 0.15) is 5.56 Å². The van der Waals surface area contributed by atoms with Crippen molar-refractivity contribution in [3.63, 3.8) is 0 Å². The summed E-state index contributed by atoms with van der Waals surface area (Å²) >= 11 is 0. The van der Waals surface area contributed by atoms with Crippen LogP contribution >= 0.6 is 0 Å². The minimum atomic E-state index is -4.74. The molecule has 0 aliphatic carbocycles. The molecule has 0 fully saturated rings. The summed E-state index contributed by atoms with van der Waals surface area (Å²) in [5.74, 6) is -1.62. The molecule has 0 aromatic heterocycles. The molecule has 0 bridgehead atoms. The number of nitrogens with zero attached hydrogens (tertiary/aromatic N) is 1. The fourth-order valence-corrected chi connectivity index (χ4v) is 0.820. The van der Waals surface area contributed by atoms with Gasteiger partial charge in [0.1, 0.15) is 5.69 Å². The number of rotatable bonds is 1. The van der Waals surface area contributed by atoms with Crippen LogP contribution in [0.25, 0.3) is 0 Å². The van der Waals surface area contributed by atoms with Gasteiger partial charge < -0.3 is 0 Å². The highest BCUT2D eigenvalue weighted by Crippen LogP contribution is 2.32. The van der Waals surface area contributed by atoms with Gasteiger partial charge in [0.05, 0.1) is 5.56 Å². The van der Waals surface area contributed by atoms with Gasteiger partial charge in [-0.25, -0.2) is 4.39 Å². The van der Waals surface area contributed by atoms with E-state index in [4.69, 9.17) is 0 Å². The van der Waals surface area contributed by atoms with E-state index in [1.54, 1.807) is 0 Å². The number of hydrogen-bond donors (Lipinski definition) is 0. The SMILES string of the molecule is Fc1cc(C(F)(F)F)ccc1N(F)F. The second kappa shape index (κ2) is 3.39. The normalized spacial score (nSPS) is 11.6. The molecule has 14 heavy (non-hydrogen) atoms.